The van der Waals surface area contributed by atoms with E-state index in [-0.39, 0.29) is 22.6 Å². The van der Waals surface area contributed by atoms with E-state index in [0.29, 0.717) is 18.2 Å². The molecule has 1 saturated carbocycles. The molecule has 4 rings (SSSR count). The standard InChI is InChI=1S/C15H14FNO5S/c16-10-2-4-12-9(5-10)7-13(22-12)23(20,21)17-11-3-1-8(6-11)14(17)15(18)19/h2,4-5,7-8,11,14H,1,3,6H2,(H,18,19)/t8?,11-,14+/m1/s1. The molecule has 2 fully saturated rings. The first-order chi connectivity index (χ1) is 10.9. The molecule has 1 aliphatic heterocycles. The van der Waals surface area contributed by atoms with Gasteiger partial charge in [0.15, 0.2) is 0 Å². The maximum atomic E-state index is 13.3. The largest absolute Gasteiger partial charge is 0.480 e. The Morgan fingerprint density at radius 3 is 2.83 bits per heavy atom. The number of rotatable bonds is 3. The molecule has 1 aromatic heterocycles. The number of benzene rings is 1. The third-order valence-electron chi connectivity index (χ3n) is 4.77. The summed E-state index contributed by atoms with van der Waals surface area (Å²) in [6, 6.07) is 3.61. The minimum atomic E-state index is -4.08. The van der Waals surface area contributed by atoms with E-state index in [1.165, 1.54) is 24.3 Å². The van der Waals surface area contributed by atoms with Crippen LogP contribution in [0.5, 0.6) is 0 Å². The summed E-state index contributed by atoms with van der Waals surface area (Å²) in [5, 5.41) is 9.40. The van der Waals surface area contributed by atoms with E-state index in [2.05, 4.69) is 0 Å². The van der Waals surface area contributed by atoms with Gasteiger partial charge in [0.2, 0.25) is 5.09 Å². The topological polar surface area (TPSA) is 87.8 Å². The fourth-order valence-electron chi connectivity index (χ4n) is 3.82. The second-order valence-electron chi connectivity index (χ2n) is 6.09. The fraction of sp³-hybridized carbons (Fsp3) is 0.400. The van der Waals surface area contributed by atoms with Gasteiger partial charge in [0.25, 0.3) is 10.0 Å². The van der Waals surface area contributed by atoms with Crippen molar-refractivity contribution in [3.05, 3.63) is 30.1 Å². The molecule has 2 heterocycles. The summed E-state index contributed by atoms with van der Waals surface area (Å²) in [5.41, 5.74) is 0.251. The molecule has 1 aromatic carbocycles. The van der Waals surface area contributed by atoms with Crippen molar-refractivity contribution >= 4 is 27.0 Å². The predicted octanol–water partition coefficient (Wildman–Crippen LogP) is 2.20. The monoisotopic (exact) mass is 339 g/mol. The molecule has 3 atom stereocenters. The van der Waals surface area contributed by atoms with Gasteiger partial charge in [0, 0.05) is 17.5 Å². The van der Waals surface area contributed by atoms with E-state index in [4.69, 9.17) is 4.42 Å². The molecule has 2 aliphatic rings. The van der Waals surface area contributed by atoms with Crippen molar-refractivity contribution < 1.29 is 27.1 Å². The number of carboxylic acid groups (broad SMARTS) is 1. The van der Waals surface area contributed by atoms with Crippen LogP contribution in [0.4, 0.5) is 4.39 Å². The van der Waals surface area contributed by atoms with Gasteiger partial charge < -0.3 is 9.52 Å². The molecule has 2 aromatic rings. The molecule has 1 aliphatic carbocycles. The average Bonchev–Trinajstić information content (AvgIpc) is 3.19. The Balaban J connectivity index is 1.81. The Hall–Kier alpha value is -1.93. The van der Waals surface area contributed by atoms with E-state index in [1.54, 1.807) is 0 Å². The van der Waals surface area contributed by atoms with Crippen LogP contribution in [0.3, 0.4) is 0 Å². The predicted molar refractivity (Wildman–Crippen MR) is 77.7 cm³/mol. The highest BCUT2D eigenvalue weighted by atomic mass is 32.2. The lowest BCUT2D eigenvalue weighted by Crippen LogP contribution is -2.48. The summed E-state index contributed by atoms with van der Waals surface area (Å²) in [7, 11) is -4.08. The van der Waals surface area contributed by atoms with Crippen molar-refractivity contribution in [2.45, 2.75) is 36.4 Å². The van der Waals surface area contributed by atoms with Crippen LogP contribution in [0, 0.1) is 11.7 Å². The zero-order chi connectivity index (χ0) is 16.4. The van der Waals surface area contributed by atoms with Crippen LogP contribution in [0.1, 0.15) is 19.3 Å². The van der Waals surface area contributed by atoms with Gasteiger partial charge in [-0.2, -0.15) is 4.31 Å². The van der Waals surface area contributed by atoms with E-state index < -0.39 is 27.9 Å². The number of halogens is 1. The number of hydrogen-bond donors (Lipinski definition) is 1. The van der Waals surface area contributed by atoms with Crippen LogP contribution < -0.4 is 0 Å². The molecule has 0 radical (unpaired) electrons. The molecule has 122 valence electrons. The lowest BCUT2D eigenvalue weighted by atomic mass is 10.0. The van der Waals surface area contributed by atoms with Crippen LogP contribution in [0.15, 0.2) is 33.8 Å². The number of carboxylic acids is 1. The van der Waals surface area contributed by atoms with Crippen LogP contribution in [0.2, 0.25) is 0 Å². The average molecular weight is 339 g/mol. The zero-order valence-electron chi connectivity index (χ0n) is 12.0. The fourth-order valence-corrected chi connectivity index (χ4v) is 5.65. The lowest BCUT2D eigenvalue weighted by molar-refractivity contribution is -0.142. The summed E-state index contributed by atoms with van der Waals surface area (Å²) >= 11 is 0. The Labute approximate surface area is 131 Å². The van der Waals surface area contributed by atoms with Gasteiger partial charge in [0.05, 0.1) is 0 Å². The molecule has 6 nitrogen and oxygen atoms in total. The van der Waals surface area contributed by atoms with Crippen molar-refractivity contribution in [1.29, 1.82) is 0 Å². The van der Waals surface area contributed by atoms with Crippen molar-refractivity contribution in [3.8, 4) is 0 Å². The number of nitrogens with zero attached hydrogens (tertiary/aromatic N) is 1. The summed E-state index contributed by atoms with van der Waals surface area (Å²) in [6.07, 6.45) is 1.94. The third-order valence-corrected chi connectivity index (χ3v) is 6.56. The van der Waals surface area contributed by atoms with Gasteiger partial charge >= 0.3 is 5.97 Å². The van der Waals surface area contributed by atoms with Gasteiger partial charge in [-0.3, -0.25) is 4.79 Å². The number of fused-ring (bicyclic) bond motifs is 3. The highest BCUT2D eigenvalue weighted by Gasteiger charge is 2.55. The molecule has 23 heavy (non-hydrogen) atoms. The van der Waals surface area contributed by atoms with Crippen molar-refractivity contribution in [3.63, 3.8) is 0 Å². The maximum absolute atomic E-state index is 13.3. The summed E-state index contributed by atoms with van der Waals surface area (Å²) in [6.45, 7) is 0. The van der Waals surface area contributed by atoms with E-state index >= 15 is 0 Å². The normalized spacial score (nSPS) is 27.8. The molecule has 1 N–H and O–H groups in total. The number of aliphatic carboxylic acids is 1. The van der Waals surface area contributed by atoms with Gasteiger partial charge in [-0.25, -0.2) is 12.8 Å². The first kappa shape index (κ1) is 14.6. The molecular weight excluding hydrogens is 325 g/mol. The highest BCUT2D eigenvalue weighted by molar-refractivity contribution is 7.89. The summed E-state index contributed by atoms with van der Waals surface area (Å²) < 4.78 is 45.4. The number of hydrogen-bond acceptors (Lipinski definition) is 4. The van der Waals surface area contributed by atoms with Crippen molar-refractivity contribution in [2.24, 2.45) is 5.92 Å². The number of piperidine rings is 1. The second kappa shape index (κ2) is 4.78. The number of carbonyl (C=O) groups is 1. The molecular formula is C15H14FNO5S. The molecule has 0 amide bonds. The quantitative estimate of drug-likeness (QED) is 0.926. The van der Waals surface area contributed by atoms with Crippen LogP contribution >= 0.6 is 0 Å². The van der Waals surface area contributed by atoms with Gasteiger partial charge in [-0.05, 0) is 43.4 Å². The minimum absolute atomic E-state index is 0.158. The highest BCUT2D eigenvalue weighted by Crippen LogP contribution is 2.45. The van der Waals surface area contributed by atoms with Crippen LogP contribution in [0.25, 0.3) is 11.0 Å². The van der Waals surface area contributed by atoms with E-state index in [9.17, 15) is 22.7 Å². The summed E-state index contributed by atoms with van der Waals surface area (Å²) in [4.78, 5) is 11.5. The molecule has 1 saturated heterocycles. The Morgan fingerprint density at radius 2 is 2.09 bits per heavy atom. The van der Waals surface area contributed by atoms with Gasteiger partial charge in [-0.1, -0.05) is 0 Å². The smallest absolute Gasteiger partial charge is 0.322 e. The Bertz CT molecular complexity index is 906. The molecule has 2 bridgehead atoms. The lowest BCUT2D eigenvalue weighted by Gasteiger charge is -2.30. The van der Waals surface area contributed by atoms with Crippen LogP contribution in [-0.4, -0.2) is 35.9 Å². The molecule has 0 spiro atoms. The number of furan rings is 1. The van der Waals surface area contributed by atoms with E-state index in [0.717, 1.165) is 10.7 Å². The SMILES string of the molecule is O=C(O)[C@@H]1C2CC[C@H](C2)N1S(=O)(=O)c1cc2cc(F)ccc2o1. The van der Waals surface area contributed by atoms with Crippen molar-refractivity contribution in [2.75, 3.05) is 0 Å². The minimum Gasteiger partial charge on any atom is -0.480 e. The second-order valence-corrected chi connectivity index (χ2v) is 7.87. The third kappa shape index (κ3) is 2.08. The van der Waals surface area contributed by atoms with Crippen molar-refractivity contribution in [1.82, 2.24) is 4.31 Å². The first-order valence-electron chi connectivity index (χ1n) is 7.33. The zero-order valence-corrected chi connectivity index (χ0v) is 12.8. The Kier molecular flexibility index (Phi) is 3.05. The maximum Gasteiger partial charge on any atom is 0.322 e. The first-order valence-corrected chi connectivity index (χ1v) is 8.77. The number of sulfonamides is 1. The Morgan fingerprint density at radius 1 is 1.30 bits per heavy atom. The van der Waals surface area contributed by atoms with E-state index in [1.807, 2.05) is 0 Å². The van der Waals surface area contributed by atoms with Crippen LogP contribution in [-0.2, 0) is 14.8 Å². The van der Waals surface area contributed by atoms with Gasteiger partial charge in [-0.15, -0.1) is 0 Å². The van der Waals surface area contributed by atoms with Gasteiger partial charge in [0.1, 0.15) is 17.4 Å². The molecule has 1 unspecified atom stereocenters. The molecule has 8 heteroatoms. The summed E-state index contributed by atoms with van der Waals surface area (Å²) in [5.74, 6) is -1.79.